The van der Waals surface area contributed by atoms with Gasteiger partial charge in [0.1, 0.15) is 5.60 Å². The first-order valence-corrected chi connectivity index (χ1v) is 9.87. The van der Waals surface area contributed by atoms with E-state index in [0.29, 0.717) is 12.0 Å². The van der Waals surface area contributed by atoms with Gasteiger partial charge in [-0.15, -0.1) is 22.7 Å². The van der Waals surface area contributed by atoms with E-state index in [1.807, 2.05) is 22.9 Å². The zero-order valence-electron chi connectivity index (χ0n) is 12.9. The number of fused-ring (bicyclic) bond motifs is 2. The highest BCUT2D eigenvalue weighted by Gasteiger charge is 2.43. The van der Waals surface area contributed by atoms with Crippen LogP contribution >= 0.6 is 22.7 Å². The van der Waals surface area contributed by atoms with Gasteiger partial charge in [-0.05, 0) is 35.7 Å². The van der Waals surface area contributed by atoms with Gasteiger partial charge in [0.05, 0.1) is 9.75 Å². The summed E-state index contributed by atoms with van der Waals surface area (Å²) < 4.78 is 0. The van der Waals surface area contributed by atoms with E-state index in [0.717, 1.165) is 28.2 Å². The van der Waals surface area contributed by atoms with Crippen LogP contribution in [0.5, 0.6) is 0 Å². The second kappa shape index (κ2) is 6.65. The summed E-state index contributed by atoms with van der Waals surface area (Å²) in [6.07, 6.45) is 7.92. The standard InChI is InChI=1S/C18H22O2S2/c1-2-3-4-5-6-7-10-18(20)14-9-12-21-16(14)15(19)13-8-11-22-17(13)18/h8-9,11-12,20H,2-7,10H2,1H3. The lowest BCUT2D eigenvalue weighted by Crippen LogP contribution is -2.33. The number of carbonyl (C=O) groups excluding carboxylic acids is 1. The van der Waals surface area contributed by atoms with E-state index in [4.69, 9.17) is 0 Å². The SMILES string of the molecule is CCCCCCCCC1(O)c2ccsc2C(=O)c2ccsc21. The Balaban J connectivity index is 1.77. The maximum Gasteiger partial charge on any atom is 0.204 e. The van der Waals surface area contributed by atoms with Crippen LogP contribution in [0.1, 0.15) is 77.5 Å². The van der Waals surface area contributed by atoms with E-state index >= 15 is 0 Å². The highest BCUT2D eigenvalue weighted by Crippen LogP contribution is 2.47. The molecule has 2 aromatic rings. The first kappa shape index (κ1) is 15.9. The second-order valence-electron chi connectivity index (χ2n) is 6.03. The number of rotatable bonds is 7. The molecule has 0 spiro atoms. The molecule has 1 unspecified atom stereocenters. The molecular weight excluding hydrogens is 312 g/mol. The molecule has 1 N–H and O–H groups in total. The molecule has 2 aromatic heterocycles. The Morgan fingerprint density at radius 1 is 1.05 bits per heavy atom. The van der Waals surface area contributed by atoms with Crippen LogP contribution in [0.15, 0.2) is 22.9 Å². The molecule has 0 fully saturated rings. The van der Waals surface area contributed by atoms with E-state index in [1.165, 1.54) is 48.4 Å². The van der Waals surface area contributed by atoms with Crippen molar-refractivity contribution in [3.05, 3.63) is 43.8 Å². The minimum Gasteiger partial charge on any atom is -0.379 e. The Bertz CT molecular complexity index is 609. The highest BCUT2D eigenvalue weighted by molar-refractivity contribution is 7.13. The van der Waals surface area contributed by atoms with Crippen LogP contribution in [0.2, 0.25) is 0 Å². The molecule has 0 aromatic carbocycles. The molecule has 2 heterocycles. The fourth-order valence-corrected chi connectivity index (χ4v) is 5.23. The maximum absolute atomic E-state index is 12.5. The van der Waals surface area contributed by atoms with E-state index < -0.39 is 5.60 Å². The summed E-state index contributed by atoms with van der Waals surface area (Å²) in [5.74, 6) is 0.0777. The van der Waals surface area contributed by atoms with Crippen molar-refractivity contribution in [2.45, 2.75) is 57.5 Å². The van der Waals surface area contributed by atoms with Crippen LogP contribution in [0.25, 0.3) is 0 Å². The molecule has 1 atom stereocenters. The van der Waals surface area contributed by atoms with Crippen LogP contribution in [0.3, 0.4) is 0 Å². The van der Waals surface area contributed by atoms with Crippen molar-refractivity contribution < 1.29 is 9.90 Å². The quantitative estimate of drug-likeness (QED) is 0.694. The zero-order chi connectivity index (χ0) is 15.6. The van der Waals surface area contributed by atoms with Gasteiger partial charge in [-0.2, -0.15) is 0 Å². The number of aliphatic hydroxyl groups is 1. The highest BCUT2D eigenvalue weighted by atomic mass is 32.1. The molecule has 1 aliphatic carbocycles. The smallest absolute Gasteiger partial charge is 0.204 e. The summed E-state index contributed by atoms with van der Waals surface area (Å²) in [5, 5.41) is 15.2. The largest absolute Gasteiger partial charge is 0.379 e. The summed E-state index contributed by atoms with van der Waals surface area (Å²) in [6, 6.07) is 3.79. The number of carbonyl (C=O) groups is 1. The Morgan fingerprint density at radius 3 is 2.59 bits per heavy atom. The lowest BCUT2D eigenvalue weighted by molar-refractivity contribution is 0.0654. The topological polar surface area (TPSA) is 37.3 Å². The van der Waals surface area contributed by atoms with Crippen LogP contribution < -0.4 is 0 Å². The molecule has 2 nitrogen and oxygen atoms in total. The van der Waals surface area contributed by atoms with E-state index in [2.05, 4.69) is 6.92 Å². The van der Waals surface area contributed by atoms with Crippen molar-refractivity contribution >= 4 is 28.5 Å². The van der Waals surface area contributed by atoms with Crippen molar-refractivity contribution in [3.63, 3.8) is 0 Å². The van der Waals surface area contributed by atoms with Gasteiger partial charge in [-0.1, -0.05) is 39.0 Å². The molecule has 0 saturated heterocycles. The van der Waals surface area contributed by atoms with Crippen molar-refractivity contribution in [3.8, 4) is 0 Å². The predicted octanol–water partition coefficient (Wildman–Crippen LogP) is 5.34. The molecule has 3 rings (SSSR count). The van der Waals surface area contributed by atoms with Crippen molar-refractivity contribution in [1.29, 1.82) is 0 Å². The van der Waals surface area contributed by atoms with E-state index in [1.54, 1.807) is 0 Å². The third kappa shape index (κ3) is 2.68. The Hall–Kier alpha value is -0.970. The molecule has 0 radical (unpaired) electrons. The van der Waals surface area contributed by atoms with Gasteiger partial charge in [0.25, 0.3) is 0 Å². The van der Waals surface area contributed by atoms with Crippen LogP contribution in [-0.4, -0.2) is 10.9 Å². The molecule has 0 aliphatic heterocycles. The van der Waals surface area contributed by atoms with E-state index in [9.17, 15) is 9.90 Å². The van der Waals surface area contributed by atoms with Gasteiger partial charge in [-0.3, -0.25) is 4.79 Å². The van der Waals surface area contributed by atoms with Crippen molar-refractivity contribution in [1.82, 2.24) is 0 Å². The minimum atomic E-state index is -0.961. The van der Waals surface area contributed by atoms with Crippen molar-refractivity contribution in [2.24, 2.45) is 0 Å². The normalized spacial score (nSPS) is 20.0. The van der Waals surface area contributed by atoms with Gasteiger partial charge in [0, 0.05) is 11.1 Å². The maximum atomic E-state index is 12.5. The Kier molecular flexibility index (Phi) is 4.81. The Labute approximate surface area is 139 Å². The molecular formula is C18H22O2S2. The predicted molar refractivity (Wildman–Crippen MR) is 93.1 cm³/mol. The minimum absolute atomic E-state index is 0.0777. The fraction of sp³-hybridized carbons (Fsp3) is 0.500. The lowest BCUT2D eigenvalue weighted by atomic mass is 9.80. The summed E-state index contributed by atoms with van der Waals surface area (Å²) >= 11 is 2.96. The third-order valence-corrected chi connectivity index (χ3v) is 6.47. The average molecular weight is 335 g/mol. The van der Waals surface area contributed by atoms with Crippen LogP contribution in [0, 0.1) is 0 Å². The van der Waals surface area contributed by atoms with Gasteiger partial charge in [-0.25, -0.2) is 0 Å². The average Bonchev–Trinajstić information content (AvgIpc) is 3.18. The number of hydrogen-bond donors (Lipinski definition) is 1. The number of hydrogen-bond acceptors (Lipinski definition) is 4. The molecule has 0 bridgehead atoms. The lowest BCUT2D eigenvalue weighted by Gasteiger charge is -2.32. The van der Waals surface area contributed by atoms with Crippen molar-refractivity contribution in [2.75, 3.05) is 0 Å². The van der Waals surface area contributed by atoms with Gasteiger partial charge < -0.3 is 5.11 Å². The number of thiophene rings is 2. The molecule has 0 saturated carbocycles. The summed E-state index contributed by atoms with van der Waals surface area (Å²) in [4.78, 5) is 14.0. The molecule has 4 heteroatoms. The second-order valence-corrected chi connectivity index (χ2v) is 7.87. The number of ketones is 1. The third-order valence-electron chi connectivity index (χ3n) is 4.49. The van der Waals surface area contributed by atoms with Gasteiger partial charge in [0.15, 0.2) is 0 Å². The van der Waals surface area contributed by atoms with Crippen LogP contribution in [-0.2, 0) is 5.60 Å². The Morgan fingerprint density at radius 2 is 1.77 bits per heavy atom. The zero-order valence-corrected chi connectivity index (χ0v) is 14.6. The molecule has 22 heavy (non-hydrogen) atoms. The van der Waals surface area contributed by atoms with E-state index in [-0.39, 0.29) is 5.78 Å². The fourth-order valence-electron chi connectivity index (χ4n) is 3.27. The first-order valence-electron chi connectivity index (χ1n) is 8.11. The summed E-state index contributed by atoms with van der Waals surface area (Å²) in [5.41, 5.74) is 0.566. The van der Waals surface area contributed by atoms with Gasteiger partial charge >= 0.3 is 0 Å². The van der Waals surface area contributed by atoms with Crippen LogP contribution in [0.4, 0.5) is 0 Å². The number of unbranched alkanes of at least 4 members (excludes halogenated alkanes) is 5. The summed E-state index contributed by atoms with van der Waals surface area (Å²) in [7, 11) is 0. The monoisotopic (exact) mass is 334 g/mol. The summed E-state index contributed by atoms with van der Waals surface area (Å²) in [6.45, 7) is 2.22. The first-order chi connectivity index (χ1) is 10.7. The van der Waals surface area contributed by atoms with Gasteiger partial charge in [0.2, 0.25) is 5.78 Å². The molecule has 0 amide bonds. The molecule has 1 aliphatic rings. The molecule has 118 valence electrons.